The minimum atomic E-state index is 0.711. The van der Waals surface area contributed by atoms with Gasteiger partial charge in [0.05, 0.1) is 18.3 Å². The van der Waals surface area contributed by atoms with Gasteiger partial charge in [-0.15, -0.1) is 0 Å². The van der Waals surface area contributed by atoms with Crippen molar-refractivity contribution in [1.29, 1.82) is 0 Å². The van der Waals surface area contributed by atoms with Crippen LogP contribution in [-0.4, -0.2) is 18.0 Å². The van der Waals surface area contributed by atoms with E-state index >= 15 is 0 Å². The fourth-order valence-corrected chi connectivity index (χ4v) is 2.31. The zero-order chi connectivity index (χ0) is 11.9. The molecule has 84 valence electrons. The van der Waals surface area contributed by atoms with Gasteiger partial charge in [0.25, 0.3) is 0 Å². The van der Waals surface area contributed by atoms with E-state index in [1.54, 1.807) is 7.11 Å². The van der Waals surface area contributed by atoms with Crippen molar-refractivity contribution in [3.63, 3.8) is 0 Å². The van der Waals surface area contributed by atoms with Crippen LogP contribution in [0.5, 0.6) is 5.75 Å². The van der Waals surface area contributed by atoms with Crippen molar-refractivity contribution >= 4 is 17.2 Å². The Balaban J connectivity index is 3.02. The van der Waals surface area contributed by atoms with Crippen molar-refractivity contribution in [3.8, 4) is 5.75 Å². The van der Waals surface area contributed by atoms with Crippen molar-refractivity contribution in [2.45, 2.75) is 13.8 Å². The molecule has 2 aromatic rings. The minimum Gasteiger partial charge on any atom is -0.496 e. The molecule has 0 aliphatic rings. The van der Waals surface area contributed by atoms with Gasteiger partial charge in [-0.2, -0.15) is 0 Å². The molecule has 0 fully saturated rings. The van der Waals surface area contributed by atoms with Crippen molar-refractivity contribution in [3.05, 3.63) is 29.0 Å². The van der Waals surface area contributed by atoms with Crippen LogP contribution in [-0.2, 0) is 7.05 Å². The number of carbonyl (C=O) groups excluding carboxylic acids is 1. The zero-order valence-electron chi connectivity index (χ0n) is 10.00. The highest BCUT2D eigenvalue weighted by molar-refractivity contribution is 5.98. The van der Waals surface area contributed by atoms with Gasteiger partial charge in [-0.25, -0.2) is 0 Å². The third-order valence-corrected chi connectivity index (χ3v) is 3.13. The van der Waals surface area contributed by atoms with Crippen LogP contribution in [0, 0.1) is 13.8 Å². The Morgan fingerprint density at radius 3 is 2.56 bits per heavy atom. The lowest BCUT2D eigenvalue weighted by atomic mass is 10.1. The molecule has 3 heteroatoms. The Kier molecular flexibility index (Phi) is 2.46. The van der Waals surface area contributed by atoms with Crippen molar-refractivity contribution in [2.24, 2.45) is 7.05 Å². The summed E-state index contributed by atoms with van der Waals surface area (Å²) in [6, 6.07) is 3.95. The van der Waals surface area contributed by atoms with E-state index in [4.69, 9.17) is 4.74 Å². The van der Waals surface area contributed by atoms with E-state index in [0.29, 0.717) is 5.69 Å². The molecule has 2 rings (SSSR count). The predicted molar refractivity (Wildman–Crippen MR) is 64.3 cm³/mol. The van der Waals surface area contributed by atoms with E-state index in [-0.39, 0.29) is 0 Å². The normalized spacial score (nSPS) is 10.8. The van der Waals surface area contributed by atoms with Gasteiger partial charge < -0.3 is 9.30 Å². The lowest BCUT2D eigenvalue weighted by molar-refractivity contribution is 0.111. The van der Waals surface area contributed by atoms with Gasteiger partial charge in [0.2, 0.25) is 0 Å². The standard InChI is InChI=1S/C13H15NO2/c1-8-5-6-11(16-4)12-9(2)10(7-15)14(3)13(8)12/h5-7H,1-4H3. The molecule has 0 atom stereocenters. The van der Waals surface area contributed by atoms with Gasteiger partial charge in [-0.1, -0.05) is 6.07 Å². The number of aromatic nitrogens is 1. The van der Waals surface area contributed by atoms with Crippen LogP contribution < -0.4 is 4.74 Å². The van der Waals surface area contributed by atoms with E-state index in [9.17, 15) is 4.79 Å². The number of benzene rings is 1. The highest BCUT2D eigenvalue weighted by Crippen LogP contribution is 2.33. The molecule has 0 saturated carbocycles. The molecule has 0 saturated heterocycles. The largest absolute Gasteiger partial charge is 0.496 e. The summed E-state index contributed by atoms with van der Waals surface area (Å²) in [7, 11) is 3.56. The summed E-state index contributed by atoms with van der Waals surface area (Å²) in [5.41, 5.74) is 3.91. The van der Waals surface area contributed by atoms with Gasteiger partial charge in [-0.05, 0) is 31.0 Å². The molecule has 0 aliphatic heterocycles. The highest BCUT2D eigenvalue weighted by atomic mass is 16.5. The molecule has 0 radical (unpaired) electrons. The highest BCUT2D eigenvalue weighted by Gasteiger charge is 2.16. The van der Waals surface area contributed by atoms with Crippen molar-refractivity contribution < 1.29 is 9.53 Å². The Labute approximate surface area is 94.6 Å². The maximum absolute atomic E-state index is 11.1. The Morgan fingerprint density at radius 2 is 2.00 bits per heavy atom. The van der Waals surface area contributed by atoms with E-state index in [1.807, 2.05) is 37.6 Å². The number of rotatable bonds is 2. The first-order valence-electron chi connectivity index (χ1n) is 5.19. The molecule has 0 amide bonds. The van der Waals surface area contributed by atoms with E-state index in [0.717, 1.165) is 34.1 Å². The van der Waals surface area contributed by atoms with Gasteiger partial charge in [0.15, 0.2) is 6.29 Å². The second-order valence-electron chi connectivity index (χ2n) is 4.00. The average molecular weight is 217 g/mol. The van der Waals surface area contributed by atoms with E-state index in [2.05, 4.69) is 0 Å². The monoisotopic (exact) mass is 217 g/mol. The Bertz CT molecular complexity index is 567. The predicted octanol–water partition coefficient (Wildman–Crippen LogP) is 2.62. The Morgan fingerprint density at radius 1 is 1.31 bits per heavy atom. The first kappa shape index (κ1) is 10.7. The lowest BCUT2D eigenvalue weighted by Gasteiger charge is -2.06. The fourth-order valence-electron chi connectivity index (χ4n) is 2.31. The summed E-state index contributed by atoms with van der Waals surface area (Å²) in [6.07, 6.45) is 0.897. The number of hydrogen-bond acceptors (Lipinski definition) is 2. The average Bonchev–Trinajstić information content (AvgIpc) is 2.53. The molecule has 0 bridgehead atoms. The number of methoxy groups -OCH3 is 1. The number of hydrogen-bond donors (Lipinski definition) is 0. The molecular formula is C13H15NO2. The molecule has 1 heterocycles. The van der Waals surface area contributed by atoms with Gasteiger partial charge >= 0.3 is 0 Å². The number of nitrogens with zero attached hydrogens (tertiary/aromatic N) is 1. The summed E-state index contributed by atoms with van der Waals surface area (Å²) in [4.78, 5) is 11.1. The fraction of sp³-hybridized carbons (Fsp3) is 0.308. The van der Waals surface area contributed by atoms with E-state index < -0.39 is 0 Å². The minimum absolute atomic E-state index is 0.711. The molecule has 1 aromatic carbocycles. The molecule has 0 N–H and O–H groups in total. The molecular weight excluding hydrogens is 202 g/mol. The second kappa shape index (κ2) is 3.67. The first-order chi connectivity index (χ1) is 7.61. The topological polar surface area (TPSA) is 31.2 Å². The number of fused-ring (bicyclic) bond motifs is 1. The summed E-state index contributed by atoms with van der Waals surface area (Å²) >= 11 is 0. The van der Waals surface area contributed by atoms with Crippen LogP contribution in [0.4, 0.5) is 0 Å². The van der Waals surface area contributed by atoms with Crippen LogP contribution in [0.3, 0.4) is 0 Å². The summed E-state index contributed by atoms with van der Waals surface area (Å²) in [6.45, 7) is 3.99. The quantitative estimate of drug-likeness (QED) is 0.724. The maximum atomic E-state index is 11.1. The number of ether oxygens (including phenoxy) is 1. The number of carbonyl (C=O) groups is 1. The van der Waals surface area contributed by atoms with Gasteiger partial charge in [-0.3, -0.25) is 4.79 Å². The van der Waals surface area contributed by atoms with Gasteiger partial charge in [0.1, 0.15) is 5.75 Å². The number of aryl methyl sites for hydroxylation is 3. The first-order valence-corrected chi connectivity index (χ1v) is 5.19. The SMILES string of the molecule is COc1ccc(C)c2c1c(C)c(C=O)n2C. The second-order valence-corrected chi connectivity index (χ2v) is 4.00. The molecule has 0 aliphatic carbocycles. The molecule has 1 aromatic heterocycles. The zero-order valence-corrected chi connectivity index (χ0v) is 10.00. The third-order valence-electron chi connectivity index (χ3n) is 3.13. The van der Waals surface area contributed by atoms with Crippen LogP contribution in [0.15, 0.2) is 12.1 Å². The van der Waals surface area contributed by atoms with Crippen LogP contribution in [0.1, 0.15) is 21.6 Å². The summed E-state index contributed by atoms with van der Waals surface area (Å²) in [5.74, 6) is 0.821. The molecule has 3 nitrogen and oxygen atoms in total. The van der Waals surface area contributed by atoms with Crippen molar-refractivity contribution in [2.75, 3.05) is 7.11 Å². The third kappa shape index (κ3) is 1.24. The summed E-state index contributed by atoms with van der Waals surface area (Å²) in [5, 5.41) is 1.03. The lowest BCUT2D eigenvalue weighted by Crippen LogP contribution is -1.96. The van der Waals surface area contributed by atoms with E-state index in [1.165, 1.54) is 0 Å². The summed E-state index contributed by atoms with van der Waals surface area (Å²) < 4.78 is 7.27. The van der Waals surface area contributed by atoms with Crippen LogP contribution >= 0.6 is 0 Å². The molecule has 16 heavy (non-hydrogen) atoms. The molecule has 0 unspecified atom stereocenters. The molecule has 0 spiro atoms. The smallest absolute Gasteiger partial charge is 0.166 e. The van der Waals surface area contributed by atoms with Crippen molar-refractivity contribution in [1.82, 2.24) is 4.57 Å². The maximum Gasteiger partial charge on any atom is 0.166 e. The Hall–Kier alpha value is -1.77. The van der Waals surface area contributed by atoms with Crippen LogP contribution in [0.25, 0.3) is 10.9 Å². The van der Waals surface area contributed by atoms with Crippen LogP contribution in [0.2, 0.25) is 0 Å². The number of aldehydes is 1. The van der Waals surface area contributed by atoms with Gasteiger partial charge in [0, 0.05) is 12.4 Å².